The van der Waals surface area contributed by atoms with Crippen molar-refractivity contribution in [3.8, 4) is 0 Å². The highest BCUT2D eigenvalue weighted by molar-refractivity contribution is 7.92. The molecule has 1 N–H and O–H groups in total. The number of benzene rings is 4. The van der Waals surface area contributed by atoms with Crippen LogP contribution in [0.1, 0.15) is 47.9 Å². The second kappa shape index (κ2) is 15.4. The molecule has 0 radical (unpaired) electrons. The zero-order valence-corrected chi connectivity index (χ0v) is 28.9. The van der Waals surface area contributed by atoms with Crippen LogP contribution >= 0.6 is 23.2 Å². The highest BCUT2D eigenvalue weighted by Crippen LogP contribution is 2.36. The van der Waals surface area contributed by atoms with Crippen molar-refractivity contribution in [3.63, 3.8) is 0 Å². The van der Waals surface area contributed by atoms with E-state index in [1.54, 1.807) is 24.3 Å². The molecule has 5 rings (SSSR count). The minimum Gasteiger partial charge on any atom is -0.352 e. The minimum absolute atomic E-state index is 0.00259. The molecule has 1 atom stereocenters. The van der Waals surface area contributed by atoms with Crippen molar-refractivity contribution >= 4 is 50.7 Å². The van der Waals surface area contributed by atoms with Crippen LogP contribution in [0.25, 0.3) is 0 Å². The van der Waals surface area contributed by atoms with E-state index in [-0.39, 0.29) is 45.5 Å². The van der Waals surface area contributed by atoms with Gasteiger partial charge in [-0.25, -0.2) is 8.42 Å². The van der Waals surface area contributed by atoms with Crippen LogP contribution in [0.5, 0.6) is 0 Å². The number of amides is 2. The Morgan fingerprint density at radius 2 is 1.51 bits per heavy atom. The first-order chi connectivity index (χ1) is 22.5. The van der Waals surface area contributed by atoms with Gasteiger partial charge in [0.25, 0.3) is 10.0 Å². The number of nitrogens with zero attached hydrogens (tertiary/aromatic N) is 2. The number of anilines is 1. The van der Waals surface area contributed by atoms with Crippen molar-refractivity contribution in [1.82, 2.24) is 10.2 Å². The van der Waals surface area contributed by atoms with Gasteiger partial charge in [0, 0.05) is 19.0 Å². The van der Waals surface area contributed by atoms with Gasteiger partial charge in [0.15, 0.2) is 0 Å². The number of hydrogen-bond donors (Lipinski definition) is 1. The average Bonchev–Trinajstić information content (AvgIpc) is 3.57. The third-order valence-electron chi connectivity index (χ3n) is 8.66. The Hall–Kier alpha value is -3.85. The molecule has 0 spiro atoms. The van der Waals surface area contributed by atoms with Crippen LogP contribution in [-0.2, 0) is 32.6 Å². The van der Waals surface area contributed by atoms with Crippen LogP contribution in [0, 0.1) is 13.8 Å². The first-order valence-electron chi connectivity index (χ1n) is 15.8. The standard InChI is InChI=1S/C37H39Cl2N3O4S/c1-26-19-21-31(22-20-26)47(45,46)42(33-18-10-17-32(38)36(33)39)25-35(43)41(24-29-14-7-6-11-27(29)2)34(23-28-12-4-3-5-13-28)37(44)40-30-15-8-9-16-30/h3-7,10-14,17-22,30,34H,8-9,15-16,23-25H2,1-2H3,(H,40,44). The lowest BCUT2D eigenvalue weighted by Gasteiger charge is -2.35. The van der Waals surface area contributed by atoms with E-state index in [4.69, 9.17) is 23.2 Å². The average molecular weight is 693 g/mol. The third kappa shape index (κ3) is 8.36. The molecule has 1 unspecified atom stereocenters. The monoisotopic (exact) mass is 691 g/mol. The lowest BCUT2D eigenvalue weighted by atomic mass is 10.0. The highest BCUT2D eigenvalue weighted by Gasteiger charge is 2.36. The lowest BCUT2D eigenvalue weighted by molar-refractivity contribution is -0.140. The summed E-state index contributed by atoms with van der Waals surface area (Å²) in [5.41, 5.74) is 3.62. The smallest absolute Gasteiger partial charge is 0.264 e. The van der Waals surface area contributed by atoms with Gasteiger partial charge in [0.1, 0.15) is 12.6 Å². The minimum atomic E-state index is -4.30. The molecule has 2 amide bonds. The Morgan fingerprint density at radius 1 is 0.851 bits per heavy atom. The molecule has 0 aliphatic heterocycles. The van der Waals surface area contributed by atoms with E-state index in [1.807, 2.05) is 68.4 Å². The Balaban J connectivity index is 1.60. The van der Waals surface area contributed by atoms with Crippen LogP contribution in [0.2, 0.25) is 10.0 Å². The summed E-state index contributed by atoms with van der Waals surface area (Å²) in [5, 5.41) is 3.35. The van der Waals surface area contributed by atoms with E-state index < -0.39 is 28.5 Å². The Morgan fingerprint density at radius 3 is 2.19 bits per heavy atom. The van der Waals surface area contributed by atoms with Crippen LogP contribution < -0.4 is 9.62 Å². The third-order valence-corrected chi connectivity index (χ3v) is 11.2. The summed E-state index contributed by atoms with van der Waals surface area (Å²) in [6.07, 6.45) is 4.08. The van der Waals surface area contributed by atoms with Gasteiger partial charge in [-0.15, -0.1) is 0 Å². The summed E-state index contributed by atoms with van der Waals surface area (Å²) >= 11 is 13.0. The van der Waals surface area contributed by atoms with E-state index in [9.17, 15) is 18.0 Å². The molecule has 7 nitrogen and oxygen atoms in total. The molecule has 246 valence electrons. The van der Waals surface area contributed by atoms with Gasteiger partial charge in [0.05, 0.1) is 20.6 Å². The largest absolute Gasteiger partial charge is 0.352 e. The zero-order chi connectivity index (χ0) is 33.6. The SMILES string of the molecule is Cc1ccc(S(=O)(=O)N(CC(=O)N(Cc2ccccc2C)C(Cc2ccccc2)C(=O)NC2CCCC2)c2cccc(Cl)c2Cl)cc1. The van der Waals surface area contributed by atoms with Gasteiger partial charge in [-0.1, -0.05) is 114 Å². The van der Waals surface area contributed by atoms with Crippen molar-refractivity contribution in [3.05, 3.63) is 129 Å². The highest BCUT2D eigenvalue weighted by atomic mass is 35.5. The van der Waals surface area contributed by atoms with E-state index >= 15 is 0 Å². The maximum absolute atomic E-state index is 14.7. The molecule has 0 bridgehead atoms. The van der Waals surface area contributed by atoms with Gasteiger partial charge < -0.3 is 10.2 Å². The predicted octanol–water partition coefficient (Wildman–Crippen LogP) is 7.50. The van der Waals surface area contributed by atoms with Crippen molar-refractivity contribution in [1.29, 1.82) is 0 Å². The van der Waals surface area contributed by atoms with Gasteiger partial charge in [-0.2, -0.15) is 0 Å². The summed E-state index contributed by atoms with van der Waals surface area (Å²) in [6.45, 7) is 3.30. The second-order valence-electron chi connectivity index (χ2n) is 12.0. The normalized spacial score (nSPS) is 14.0. The Labute approximate surface area is 287 Å². The molecule has 47 heavy (non-hydrogen) atoms. The molecule has 1 fully saturated rings. The van der Waals surface area contributed by atoms with Crippen molar-refractivity contribution in [2.45, 2.75) is 69.5 Å². The molecule has 1 aliphatic carbocycles. The van der Waals surface area contributed by atoms with E-state index in [1.165, 1.54) is 23.1 Å². The molecule has 1 aliphatic rings. The fraction of sp³-hybridized carbons (Fsp3) is 0.297. The predicted molar refractivity (Wildman–Crippen MR) is 188 cm³/mol. The lowest BCUT2D eigenvalue weighted by Crippen LogP contribution is -2.54. The Kier molecular flexibility index (Phi) is 11.3. The Bertz CT molecular complexity index is 1810. The molecule has 4 aromatic carbocycles. The number of aryl methyl sites for hydroxylation is 2. The van der Waals surface area contributed by atoms with E-state index in [2.05, 4.69) is 5.32 Å². The second-order valence-corrected chi connectivity index (χ2v) is 14.7. The summed E-state index contributed by atoms with van der Waals surface area (Å²) in [6, 6.07) is 27.4. The number of carbonyl (C=O) groups excluding carboxylic acids is 2. The zero-order valence-electron chi connectivity index (χ0n) is 26.5. The van der Waals surface area contributed by atoms with Gasteiger partial charge in [0.2, 0.25) is 11.8 Å². The van der Waals surface area contributed by atoms with Crippen molar-refractivity contribution in [2.24, 2.45) is 0 Å². The first kappa shape index (κ1) is 34.5. The molecule has 0 heterocycles. The summed E-state index contributed by atoms with van der Waals surface area (Å²) < 4.78 is 29.5. The number of nitrogens with one attached hydrogen (secondary N) is 1. The van der Waals surface area contributed by atoms with Crippen LogP contribution in [0.15, 0.2) is 102 Å². The van der Waals surface area contributed by atoms with Crippen LogP contribution in [-0.4, -0.2) is 43.8 Å². The van der Waals surface area contributed by atoms with Gasteiger partial charge in [-0.05, 0) is 67.6 Å². The maximum atomic E-state index is 14.7. The molecular weight excluding hydrogens is 653 g/mol. The maximum Gasteiger partial charge on any atom is 0.264 e. The number of hydrogen-bond acceptors (Lipinski definition) is 4. The van der Waals surface area contributed by atoms with E-state index in [0.29, 0.717) is 0 Å². The molecule has 4 aromatic rings. The topological polar surface area (TPSA) is 86.8 Å². The van der Waals surface area contributed by atoms with Crippen LogP contribution in [0.4, 0.5) is 5.69 Å². The molecule has 1 saturated carbocycles. The number of halogens is 2. The number of carbonyl (C=O) groups is 2. The summed E-state index contributed by atoms with van der Waals surface area (Å²) in [7, 11) is -4.30. The molecule has 0 aromatic heterocycles. The van der Waals surface area contributed by atoms with Crippen molar-refractivity contribution in [2.75, 3.05) is 10.8 Å². The first-order valence-corrected chi connectivity index (χ1v) is 18.0. The number of rotatable bonds is 12. The molecule has 0 saturated heterocycles. The quantitative estimate of drug-likeness (QED) is 0.167. The fourth-order valence-corrected chi connectivity index (χ4v) is 7.80. The van der Waals surface area contributed by atoms with Crippen LogP contribution in [0.3, 0.4) is 0 Å². The summed E-state index contributed by atoms with van der Waals surface area (Å²) in [5.74, 6) is -0.820. The van der Waals surface area contributed by atoms with Crippen molar-refractivity contribution < 1.29 is 18.0 Å². The fourth-order valence-electron chi connectivity index (χ4n) is 5.93. The van der Waals surface area contributed by atoms with E-state index in [0.717, 1.165) is 52.2 Å². The number of sulfonamides is 1. The summed E-state index contributed by atoms with van der Waals surface area (Å²) in [4.78, 5) is 30.4. The van der Waals surface area contributed by atoms with Gasteiger partial charge >= 0.3 is 0 Å². The molecule has 10 heteroatoms. The van der Waals surface area contributed by atoms with Gasteiger partial charge in [-0.3, -0.25) is 13.9 Å². The molecular formula is C37H39Cl2N3O4S.